The third-order valence-corrected chi connectivity index (χ3v) is 4.97. The Bertz CT molecular complexity index is 616. The van der Waals surface area contributed by atoms with Crippen LogP contribution in [0.1, 0.15) is 58.9 Å². The van der Waals surface area contributed by atoms with E-state index in [1.807, 2.05) is 12.1 Å². The van der Waals surface area contributed by atoms with Crippen molar-refractivity contribution in [2.24, 2.45) is 11.0 Å². The van der Waals surface area contributed by atoms with Crippen molar-refractivity contribution < 1.29 is 5.21 Å². The fraction of sp³-hybridized carbons (Fsp3) is 0.632. The standard InChI is InChI=1S/C19H28N4O/c1-18(2)9-6-16(14-19(3,4)23(18)24)13-17(22-20-5)12-15-7-10-21-11-8-15/h7-8,10-11,16,24H,6,9,12-14H2,1-4H3/b22-17+. The fourth-order valence-corrected chi connectivity index (χ4v) is 3.84. The van der Waals surface area contributed by atoms with E-state index in [0.29, 0.717) is 12.3 Å². The third kappa shape index (κ3) is 4.62. The molecule has 0 amide bonds. The van der Waals surface area contributed by atoms with Crippen molar-refractivity contribution in [3.63, 3.8) is 0 Å². The van der Waals surface area contributed by atoms with Gasteiger partial charge in [0.25, 0.3) is 0 Å². The number of aromatic nitrogens is 1. The van der Waals surface area contributed by atoms with E-state index in [4.69, 9.17) is 6.57 Å². The van der Waals surface area contributed by atoms with Gasteiger partial charge in [0.15, 0.2) is 0 Å². The van der Waals surface area contributed by atoms with Gasteiger partial charge in [0.2, 0.25) is 0 Å². The molecular weight excluding hydrogens is 300 g/mol. The summed E-state index contributed by atoms with van der Waals surface area (Å²) < 4.78 is 0. The minimum absolute atomic E-state index is 0.236. The second kappa shape index (κ2) is 7.42. The summed E-state index contributed by atoms with van der Waals surface area (Å²) in [5.74, 6) is 0.416. The maximum absolute atomic E-state index is 10.6. The summed E-state index contributed by atoms with van der Waals surface area (Å²) >= 11 is 0. The molecule has 1 aliphatic heterocycles. The predicted molar refractivity (Wildman–Crippen MR) is 95.7 cm³/mol. The first kappa shape index (κ1) is 18.6. The molecule has 1 unspecified atom stereocenters. The van der Waals surface area contributed by atoms with E-state index in [1.54, 1.807) is 12.4 Å². The monoisotopic (exact) mass is 328 g/mol. The zero-order valence-corrected chi connectivity index (χ0v) is 15.2. The van der Waals surface area contributed by atoms with Crippen LogP contribution in [0.25, 0.3) is 4.95 Å². The average Bonchev–Trinajstić information content (AvgIpc) is 2.59. The molecule has 0 spiro atoms. The number of hydrogen-bond donors (Lipinski definition) is 1. The molecule has 1 fully saturated rings. The molecule has 2 heterocycles. The summed E-state index contributed by atoms with van der Waals surface area (Å²) in [5.41, 5.74) is 1.52. The Balaban J connectivity index is 2.12. The number of hydroxylamine groups is 2. The fourth-order valence-electron chi connectivity index (χ4n) is 3.84. The van der Waals surface area contributed by atoms with E-state index in [-0.39, 0.29) is 11.1 Å². The highest BCUT2D eigenvalue weighted by Gasteiger charge is 2.42. The van der Waals surface area contributed by atoms with Crippen LogP contribution in [0.15, 0.2) is 29.6 Å². The molecule has 0 saturated carbocycles. The zero-order chi connectivity index (χ0) is 17.8. The van der Waals surface area contributed by atoms with E-state index in [0.717, 1.165) is 37.0 Å². The van der Waals surface area contributed by atoms with Gasteiger partial charge < -0.3 is 5.21 Å². The highest BCUT2D eigenvalue weighted by atomic mass is 16.5. The van der Waals surface area contributed by atoms with Crippen LogP contribution in [0.2, 0.25) is 0 Å². The molecule has 5 nitrogen and oxygen atoms in total. The van der Waals surface area contributed by atoms with Crippen LogP contribution in [0.5, 0.6) is 0 Å². The maximum atomic E-state index is 10.6. The summed E-state index contributed by atoms with van der Waals surface area (Å²) in [5, 5.41) is 16.2. The minimum Gasteiger partial charge on any atom is -0.313 e. The van der Waals surface area contributed by atoms with Crippen molar-refractivity contribution in [2.45, 2.75) is 70.9 Å². The van der Waals surface area contributed by atoms with Gasteiger partial charge in [-0.25, -0.2) is 0 Å². The predicted octanol–water partition coefficient (Wildman–Crippen LogP) is 4.34. The van der Waals surface area contributed by atoms with Crippen LogP contribution in [0.4, 0.5) is 0 Å². The van der Waals surface area contributed by atoms with Gasteiger partial charge in [-0.05, 0) is 77.0 Å². The molecule has 0 aliphatic carbocycles. The Kier molecular flexibility index (Phi) is 5.74. The Morgan fingerprint density at radius 3 is 2.62 bits per heavy atom. The number of nitrogens with zero attached hydrogens (tertiary/aromatic N) is 4. The SMILES string of the molecule is [C-]#[N+]/N=C(\Cc1ccncc1)CC1CCC(C)(C)N(O)C(C)(C)C1. The van der Waals surface area contributed by atoms with E-state index in [9.17, 15) is 5.21 Å². The van der Waals surface area contributed by atoms with Crippen LogP contribution < -0.4 is 0 Å². The van der Waals surface area contributed by atoms with Crippen molar-refractivity contribution in [3.05, 3.63) is 41.6 Å². The Morgan fingerprint density at radius 2 is 2.00 bits per heavy atom. The Morgan fingerprint density at radius 1 is 1.33 bits per heavy atom. The van der Waals surface area contributed by atoms with Gasteiger partial charge in [-0.15, -0.1) is 4.95 Å². The van der Waals surface area contributed by atoms with E-state index in [1.165, 1.54) is 5.06 Å². The molecule has 5 heteroatoms. The molecule has 24 heavy (non-hydrogen) atoms. The lowest BCUT2D eigenvalue weighted by Crippen LogP contribution is -2.52. The molecule has 0 radical (unpaired) electrons. The maximum Gasteiger partial charge on any atom is 0.105 e. The largest absolute Gasteiger partial charge is 0.313 e. The van der Waals surface area contributed by atoms with Gasteiger partial charge in [0.1, 0.15) is 5.71 Å². The van der Waals surface area contributed by atoms with Gasteiger partial charge in [0.05, 0.1) is 5.10 Å². The van der Waals surface area contributed by atoms with Crippen LogP contribution in [-0.2, 0) is 6.42 Å². The molecule has 0 bridgehead atoms. The third-order valence-electron chi connectivity index (χ3n) is 4.97. The van der Waals surface area contributed by atoms with Crippen molar-refractivity contribution in [2.75, 3.05) is 0 Å². The molecule has 2 rings (SSSR count). The van der Waals surface area contributed by atoms with Crippen LogP contribution >= 0.6 is 0 Å². The van der Waals surface area contributed by atoms with E-state index >= 15 is 0 Å². The smallest absolute Gasteiger partial charge is 0.105 e. The molecule has 1 N–H and O–H groups in total. The van der Waals surface area contributed by atoms with Gasteiger partial charge in [-0.1, -0.05) is 0 Å². The lowest BCUT2D eigenvalue weighted by atomic mass is 9.85. The van der Waals surface area contributed by atoms with Crippen molar-refractivity contribution >= 4 is 5.71 Å². The van der Waals surface area contributed by atoms with E-state index in [2.05, 4.69) is 42.7 Å². The Labute approximate surface area is 145 Å². The Hall–Kier alpha value is -1.77. The summed E-state index contributed by atoms with van der Waals surface area (Å²) in [6, 6.07) is 3.93. The quantitative estimate of drug-likeness (QED) is 0.508. The molecule has 1 aliphatic rings. The lowest BCUT2D eigenvalue weighted by molar-refractivity contribution is -0.221. The summed E-state index contributed by atoms with van der Waals surface area (Å²) in [7, 11) is 0. The molecule has 1 aromatic heterocycles. The summed E-state index contributed by atoms with van der Waals surface area (Å²) in [6.07, 6.45) is 7.88. The van der Waals surface area contributed by atoms with Gasteiger partial charge >= 0.3 is 0 Å². The summed E-state index contributed by atoms with van der Waals surface area (Å²) in [6.45, 7) is 15.5. The highest BCUT2D eigenvalue weighted by molar-refractivity contribution is 5.87. The molecule has 130 valence electrons. The van der Waals surface area contributed by atoms with E-state index < -0.39 is 0 Å². The number of hydrogen-bond acceptors (Lipinski definition) is 4. The van der Waals surface area contributed by atoms with Gasteiger partial charge in [-0.2, -0.15) is 11.6 Å². The van der Waals surface area contributed by atoms with Crippen LogP contribution in [0, 0.1) is 12.5 Å². The molecule has 1 saturated heterocycles. The van der Waals surface area contributed by atoms with Crippen molar-refractivity contribution in [1.82, 2.24) is 10.0 Å². The first-order chi connectivity index (χ1) is 11.2. The summed E-state index contributed by atoms with van der Waals surface area (Å²) in [4.78, 5) is 7.30. The minimum atomic E-state index is -0.287. The normalized spacial score (nSPS) is 24.2. The average molecular weight is 328 g/mol. The molecule has 1 atom stereocenters. The van der Waals surface area contributed by atoms with Crippen LogP contribution in [0.3, 0.4) is 0 Å². The molecule has 1 aromatic rings. The van der Waals surface area contributed by atoms with Gasteiger partial charge in [-0.3, -0.25) is 4.98 Å². The highest BCUT2D eigenvalue weighted by Crippen LogP contribution is 2.39. The second-order valence-electron chi connectivity index (χ2n) is 8.05. The van der Waals surface area contributed by atoms with Crippen molar-refractivity contribution in [1.29, 1.82) is 0 Å². The number of rotatable bonds is 4. The lowest BCUT2D eigenvalue weighted by Gasteiger charge is -2.42. The first-order valence-electron chi connectivity index (χ1n) is 8.55. The van der Waals surface area contributed by atoms with Crippen LogP contribution in [-0.4, -0.2) is 32.0 Å². The topological polar surface area (TPSA) is 53.1 Å². The first-order valence-corrected chi connectivity index (χ1v) is 8.55. The second-order valence-corrected chi connectivity index (χ2v) is 8.05. The zero-order valence-electron chi connectivity index (χ0n) is 15.2. The van der Waals surface area contributed by atoms with Gasteiger partial charge in [0, 0.05) is 29.9 Å². The van der Waals surface area contributed by atoms with Crippen molar-refractivity contribution in [3.8, 4) is 0 Å². The molecular formula is C19H28N4O. The number of pyridine rings is 1. The molecule has 0 aromatic carbocycles.